The van der Waals surface area contributed by atoms with Crippen molar-refractivity contribution in [2.45, 2.75) is 33.6 Å². The molecule has 0 saturated heterocycles. The molecule has 0 saturated carbocycles. The number of pyridine rings is 2. The summed E-state index contributed by atoms with van der Waals surface area (Å²) >= 11 is 0. The van der Waals surface area contributed by atoms with Crippen molar-refractivity contribution in [1.29, 1.82) is 0 Å². The van der Waals surface area contributed by atoms with Gasteiger partial charge in [-0.3, -0.25) is 9.97 Å². The minimum atomic E-state index is 0.686. The molecule has 0 amide bonds. The third-order valence-corrected chi connectivity index (χ3v) is 16.0. The Morgan fingerprint density at radius 3 is 1.54 bits per heavy atom. The molecule has 7 nitrogen and oxygen atoms in total. The predicted molar refractivity (Wildman–Crippen MR) is 326 cm³/mol. The number of para-hydroxylation sites is 6. The molecule has 0 unspecified atom stereocenters. The van der Waals surface area contributed by atoms with Crippen molar-refractivity contribution in [2.24, 2.45) is 0 Å². The summed E-state index contributed by atoms with van der Waals surface area (Å²) in [7, 11) is 0. The Hall–Kier alpha value is -9.98. The largest absolute Gasteiger partial charge is 0.314 e. The SMILES string of the molecule is C=C(CCc1c(C)c2cc(N(c3ccc4c(c3)c3ccccc3n4-c3ccccc3)c3cccc4cccnc34)ccc2n1-c1ccccc1)N(c1ccc2c(c1)c(C)c(C)n2-c1ccccc1)c1cccc2cccnc12. The van der Waals surface area contributed by atoms with E-state index in [1.165, 1.54) is 55.1 Å². The second kappa shape index (κ2) is 19.0. The van der Waals surface area contributed by atoms with E-state index < -0.39 is 0 Å². The molecule has 78 heavy (non-hydrogen) atoms. The van der Waals surface area contributed by atoms with E-state index in [1.807, 2.05) is 24.5 Å². The van der Waals surface area contributed by atoms with Crippen LogP contribution in [0.3, 0.4) is 0 Å². The number of nitrogens with zero attached hydrogens (tertiary/aromatic N) is 7. The maximum Gasteiger partial charge on any atom is 0.0942 e. The van der Waals surface area contributed by atoms with E-state index in [1.54, 1.807) is 0 Å². The summed E-state index contributed by atoms with van der Waals surface area (Å²) in [5, 5.41) is 6.95. The summed E-state index contributed by atoms with van der Waals surface area (Å²) in [5.41, 5.74) is 21.0. The number of aromatic nitrogens is 5. The van der Waals surface area contributed by atoms with Gasteiger partial charge in [0.25, 0.3) is 0 Å². The molecule has 374 valence electrons. The maximum absolute atomic E-state index is 5.03. The monoisotopic (exact) mass is 1010 g/mol. The standard InChI is InChI=1S/C71H55N7/c1-47(74(68-32-16-20-51-22-18-42-72-70(51)68)56-35-39-65-60(44-56)48(2)50(4)75(65)53-24-8-5-9-25-53)34-38-63-49(3)61-45-57(36-40-66(61)77(63)54-26-10-6-11-27-54)76(69-33-17-21-52-23-19-43-73-71(52)69)58-37-41-67-62(46-58)59-30-14-15-31-64(59)78(67)55-28-12-7-13-29-55/h5-33,35-37,39-46H,1,34,38H2,2-4H3. The van der Waals surface area contributed by atoms with Crippen molar-refractivity contribution in [2.75, 3.05) is 9.80 Å². The molecule has 0 spiro atoms. The number of rotatable bonds is 12. The van der Waals surface area contributed by atoms with Crippen LogP contribution in [0.5, 0.6) is 0 Å². The fourth-order valence-corrected chi connectivity index (χ4v) is 12.2. The van der Waals surface area contributed by atoms with Crippen LogP contribution >= 0.6 is 0 Å². The molecule has 14 aromatic rings. The molecule has 0 atom stereocenters. The van der Waals surface area contributed by atoms with E-state index in [4.69, 9.17) is 16.5 Å². The Morgan fingerprint density at radius 1 is 0.410 bits per heavy atom. The highest BCUT2D eigenvalue weighted by atomic mass is 15.2. The summed E-state index contributed by atoms with van der Waals surface area (Å²) in [6.07, 6.45) is 5.21. The van der Waals surface area contributed by atoms with Crippen LogP contribution in [0.2, 0.25) is 0 Å². The van der Waals surface area contributed by atoms with Crippen molar-refractivity contribution < 1.29 is 0 Å². The molecule has 0 aliphatic rings. The molecule has 7 heteroatoms. The van der Waals surface area contributed by atoms with Crippen molar-refractivity contribution in [3.8, 4) is 17.1 Å². The van der Waals surface area contributed by atoms with E-state index in [9.17, 15) is 0 Å². The van der Waals surface area contributed by atoms with Gasteiger partial charge in [0.05, 0.1) is 44.5 Å². The highest BCUT2D eigenvalue weighted by Gasteiger charge is 2.25. The van der Waals surface area contributed by atoms with Crippen molar-refractivity contribution in [1.82, 2.24) is 23.7 Å². The maximum atomic E-state index is 5.03. The van der Waals surface area contributed by atoms with Crippen LogP contribution in [0.25, 0.3) is 82.5 Å². The molecular weight excluding hydrogens is 951 g/mol. The fraction of sp³-hybridized carbons (Fsp3) is 0.0704. The fourth-order valence-electron chi connectivity index (χ4n) is 12.2. The first-order valence-electron chi connectivity index (χ1n) is 26.8. The molecule has 14 rings (SSSR count). The Balaban J connectivity index is 0.905. The zero-order valence-corrected chi connectivity index (χ0v) is 43.8. The first-order valence-corrected chi connectivity index (χ1v) is 26.8. The normalized spacial score (nSPS) is 11.7. The predicted octanol–water partition coefficient (Wildman–Crippen LogP) is 18.4. The lowest BCUT2D eigenvalue weighted by molar-refractivity contribution is 0.845. The van der Waals surface area contributed by atoms with E-state index in [-0.39, 0.29) is 0 Å². The number of allylic oxidation sites excluding steroid dienone is 1. The minimum Gasteiger partial charge on any atom is -0.314 e. The lowest BCUT2D eigenvalue weighted by Gasteiger charge is -2.28. The lowest BCUT2D eigenvalue weighted by Crippen LogP contribution is -2.17. The molecular formula is C71H55N7. The number of aryl methyl sites for hydroxylation is 2. The Bertz CT molecular complexity index is 4610. The van der Waals surface area contributed by atoms with Gasteiger partial charge in [0.1, 0.15) is 0 Å². The van der Waals surface area contributed by atoms with Gasteiger partial charge in [-0.2, -0.15) is 0 Å². The van der Waals surface area contributed by atoms with Gasteiger partial charge >= 0.3 is 0 Å². The third-order valence-electron chi connectivity index (χ3n) is 16.0. The van der Waals surface area contributed by atoms with E-state index in [2.05, 4.69) is 263 Å². The number of hydrogen-bond acceptors (Lipinski definition) is 4. The summed E-state index contributed by atoms with van der Waals surface area (Å²) < 4.78 is 7.20. The highest BCUT2D eigenvalue weighted by molar-refractivity contribution is 6.11. The molecule has 0 fully saturated rings. The molecule has 0 aliphatic heterocycles. The Kier molecular flexibility index (Phi) is 11.3. The van der Waals surface area contributed by atoms with E-state index in [0.717, 1.165) is 90.5 Å². The van der Waals surface area contributed by atoms with Gasteiger partial charge in [-0.15, -0.1) is 0 Å². The average molecular weight is 1010 g/mol. The van der Waals surface area contributed by atoms with Gasteiger partial charge in [-0.05, 0) is 166 Å². The summed E-state index contributed by atoms with van der Waals surface area (Å²) in [4.78, 5) is 14.8. The van der Waals surface area contributed by atoms with Crippen molar-refractivity contribution in [3.05, 3.63) is 278 Å². The molecule has 5 aromatic heterocycles. The summed E-state index contributed by atoms with van der Waals surface area (Å²) in [6.45, 7) is 11.7. The van der Waals surface area contributed by atoms with Crippen LogP contribution in [-0.4, -0.2) is 23.7 Å². The molecule has 0 bridgehead atoms. The zero-order chi connectivity index (χ0) is 52.4. The Labute approximate surface area is 453 Å². The molecule has 0 N–H and O–H groups in total. The van der Waals surface area contributed by atoms with Crippen LogP contribution < -0.4 is 9.80 Å². The summed E-state index contributed by atoms with van der Waals surface area (Å²) in [5.74, 6) is 0. The third kappa shape index (κ3) is 7.65. The first kappa shape index (κ1) is 46.5. The van der Waals surface area contributed by atoms with E-state index >= 15 is 0 Å². The van der Waals surface area contributed by atoms with Crippen LogP contribution in [0.1, 0.15) is 28.9 Å². The number of hydrogen-bond donors (Lipinski definition) is 0. The second-order valence-electron chi connectivity index (χ2n) is 20.4. The van der Waals surface area contributed by atoms with Gasteiger partial charge in [-0.25, -0.2) is 0 Å². The van der Waals surface area contributed by atoms with Gasteiger partial charge in [0.15, 0.2) is 0 Å². The minimum absolute atomic E-state index is 0.686. The quantitative estimate of drug-likeness (QED) is 0.122. The van der Waals surface area contributed by atoms with Gasteiger partial charge in [0.2, 0.25) is 0 Å². The molecule has 9 aromatic carbocycles. The number of anilines is 5. The van der Waals surface area contributed by atoms with Gasteiger partial charge < -0.3 is 23.5 Å². The smallest absolute Gasteiger partial charge is 0.0942 e. The molecule has 0 radical (unpaired) electrons. The van der Waals surface area contributed by atoms with Gasteiger partial charge in [-0.1, -0.05) is 116 Å². The second-order valence-corrected chi connectivity index (χ2v) is 20.4. The van der Waals surface area contributed by atoms with Crippen LogP contribution in [-0.2, 0) is 6.42 Å². The van der Waals surface area contributed by atoms with Crippen molar-refractivity contribution >= 4 is 93.9 Å². The van der Waals surface area contributed by atoms with Crippen molar-refractivity contribution in [3.63, 3.8) is 0 Å². The topological polar surface area (TPSA) is 47.1 Å². The average Bonchev–Trinajstić information content (AvgIpc) is 4.29. The molecule has 5 heterocycles. The van der Waals surface area contributed by atoms with Crippen LogP contribution in [0.4, 0.5) is 28.4 Å². The summed E-state index contributed by atoms with van der Waals surface area (Å²) in [6, 6.07) is 82.8. The number of fused-ring (bicyclic) bond motifs is 7. The van der Waals surface area contributed by atoms with Crippen LogP contribution in [0.15, 0.2) is 255 Å². The molecule has 0 aliphatic carbocycles. The number of benzene rings is 9. The Morgan fingerprint density at radius 2 is 0.885 bits per heavy atom. The highest BCUT2D eigenvalue weighted by Crippen LogP contribution is 2.45. The van der Waals surface area contributed by atoms with Crippen LogP contribution in [0, 0.1) is 20.8 Å². The van der Waals surface area contributed by atoms with E-state index in [0.29, 0.717) is 6.42 Å². The lowest BCUT2D eigenvalue weighted by atomic mass is 10.0. The first-order chi connectivity index (χ1) is 38.4. The zero-order valence-electron chi connectivity index (χ0n) is 43.8. The van der Waals surface area contributed by atoms with Gasteiger partial charge in [0, 0.05) is 95.9 Å².